The van der Waals surface area contributed by atoms with Crippen LogP contribution < -0.4 is 0 Å². The lowest BCUT2D eigenvalue weighted by Crippen LogP contribution is -2.03. The zero-order valence-corrected chi connectivity index (χ0v) is 11.4. The van der Waals surface area contributed by atoms with E-state index in [4.69, 9.17) is 0 Å². The van der Waals surface area contributed by atoms with E-state index in [9.17, 15) is 20.0 Å². The van der Waals surface area contributed by atoms with Gasteiger partial charge in [-0.2, -0.15) is 0 Å². The van der Waals surface area contributed by atoms with Crippen LogP contribution in [0.4, 0.5) is 5.69 Å². The molecule has 0 aliphatic carbocycles. The van der Waals surface area contributed by atoms with Gasteiger partial charge in [-0.3, -0.25) is 10.1 Å². The standard InChI is InChI=1S/C14H14N2O4/c1-7(2)9-5-10-11(14(17)18)4-8(3)15-13(10)12(6-9)16(19)20/h4-7H,1-3H3,(H,17,18). The SMILES string of the molecule is Cc1cc(C(=O)O)c2cc(C(C)C)cc([N+](=O)[O-])c2n1. The second kappa shape index (κ2) is 4.88. The topological polar surface area (TPSA) is 93.3 Å². The van der Waals surface area contributed by atoms with E-state index >= 15 is 0 Å². The first-order valence-electron chi connectivity index (χ1n) is 6.14. The van der Waals surface area contributed by atoms with Gasteiger partial charge in [0.25, 0.3) is 5.69 Å². The first kappa shape index (κ1) is 13.9. The van der Waals surface area contributed by atoms with Gasteiger partial charge < -0.3 is 5.11 Å². The number of carboxylic acid groups (broad SMARTS) is 1. The Balaban J connectivity index is 2.96. The first-order chi connectivity index (χ1) is 9.31. The van der Waals surface area contributed by atoms with E-state index in [1.54, 1.807) is 13.0 Å². The fourth-order valence-electron chi connectivity index (χ4n) is 2.11. The van der Waals surface area contributed by atoms with Crippen LogP contribution in [0.15, 0.2) is 18.2 Å². The second-order valence-corrected chi connectivity index (χ2v) is 4.96. The van der Waals surface area contributed by atoms with Crippen LogP contribution in [-0.4, -0.2) is 21.0 Å². The number of benzene rings is 1. The minimum Gasteiger partial charge on any atom is -0.478 e. The number of pyridine rings is 1. The summed E-state index contributed by atoms with van der Waals surface area (Å²) in [6.07, 6.45) is 0. The Morgan fingerprint density at radius 1 is 1.35 bits per heavy atom. The Bertz CT molecular complexity index is 723. The molecule has 0 aliphatic heterocycles. The maximum Gasteiger partial charge on any atom is 0.336 e. The monoisotopic (exact) mass is 274 g/mol. The summed E-state index contributed by atoms with van der Waals surface area (Å²) in [6, 6.07) is 4.56. The van der Waals surface area contributed by atoms with Crippen molar-refractivity contribution in [3.05, 3.63) is 45.1 Å². The molecule has 20 heavy (non-hydrogen) atoms. The highest BCUT2D eigenvalue weighted by atomic mass is 16.6. The quantitative estimate of drug-likeness (QED) is 0.684. The summed E-state index contributed by atoms with van der Waals surface area (Å²) in [5, 5.41) is 20.8. The molecule has 0 spiro atoms. The number of nitrogens with zero attached hydrogens (tertiary/aromatic N) is 2. The Kier molecular flexibility index (Phi) is 3.40. The van der Waals surface area contributed by atoms with Gasteiger partial charge in [0.05, 0.1) is 10.5 Å². The van der Waals surface area contributed by atoms with Crippen LogP contribution in [0.3, 0.4) is 0 Å². The van der Waals surface area contributed by atoms with E-state index in [1.165, 1.54) is 12.1 Å². The average Bonchev–Trinajstić information content (AvgIpc) is 2.35. The third kappa shape index (κ3) is 2.32. The predicted octanol–water partition coefficient (Wildman–Crippen LogP) is 3.27. The van der Waals surface area contributed by atoms with Gasteiger partial charge >= 0.3 is 5.97 Å². The van der Waals surface area contributed by atoms with E-state index in [2.05, 4.69) is 4.98 Å². The van der Waals surface area contributed by atoms with Gasteiger partial charge in [-0.1, -0.05) is 13.8 Å². The van der Waals surface area contributed by atoms with Gasteiger partial charge in [0, 0.05) is 17.1 Å². The van der Waals surface area contributed by atoms with Crippen LogP contribution in [0, 0.1) is 17.0 Å². The van der Waals surface area contributed by atoms with Crippen LogP contribution in [0.1, 0.15) is 41.4 Å². The summed E-state index contributed by atoms with van der Waals surface area (Å²) < 4.78 is 0. The number of aryl methyl sites for hydroxylation is 1. The molecule has 0 saturated carbocycles. The number of aromatic carboxylic acids is 1. The number of aromatic nitrogens is 1. The van der Waals surface area contributed by atoms with E-state index < -0.39 is 10.9 Å². The highest BCUT2D eigenvalue weighted by Gasteiger charge is 2.21. The lowest BCUT2D eigenvalue weighted by atomic mass is 9.97. The molecule has 0 amide bonds. The lowest BCUT2D eigenvalue weighted by Gasteiger charge is -2.10. The largest absolute Gasteiger partial charge is 0.478 e. The number of nitro benzene ring substituents is 1. The maximum absolute atomic E-state index is 11.3. The Hall–Kier alpha value is -2.50. The summed E-state index contributed by atoms with van der Waals surface area (Å²) in [5.41, 5.74) is 1.17. The molecule has 6 nitrogen and oxygen atoms in total. The molecule has 2 rings (SSSR count). The summed E-state index contributed by atoms with van der Waals surface area (Å²) in [6.45, 7) is 5.41. The third-order valence-electron chi connectivity index (χ3n) is 3.14. The molecule has 0 bridgehead atoms. The molecule has 6 heteroatoms. The number of carbonyl (C=O) groups is 1. The number of fused-ring (bicyclic) bond motifs is 1. The van der Waals surface area contributed by atoms with Crippen molar-refractivity contribution in [2.75, 3.05) is 0 Å². The van der Waals surface area contributed by atoms with Crippen LogP contribution >= 0.6 is 0 Å². The highest BCUT2D eigenvalue weighted by Crippen LogP contribution is 2.31. The summed E-state index contributed by atoms with van der Waals surface area (Å²) in [7, 11) is 0. The van der Waals surface area contributed by atoms with Crippen molar-refractivity contribution in [2.45, 2.75) is 26.7 Å². The molecule has 0 fully saturated rings. The zero-order chi connectivity index (χ0) is 15.0. The highest BCUT2D eigenvalue weighted by molar-refractivity contribution is 6.05. The lowest BCUT2D eigenvalue weighted by molar-refractivity contribution is -0.383. The van der Waals surface area contributed by atoms with Crippen molar-refractivity contribution in [3.8, 4) is 0 Å². The van der Waals surface area contributed by atoms with Crippen molar-refractivity contribution in [2.24, 2.45) is 0 Å². The van der Waals surface area contributed by atoms with Crippen molar-refractivity contribution < 1.29 is 14.8 Å². The van der Waals surface area contributed by atoms with Crippen molar-refractivity contribution in [1.82, 2.24) is 4.98 Å². The molecular formula is C14H14N2O4. The van der Waals surface area contributed by atoms with E-state index in [1.807, 2.05) is 13.8 Å². The van der Waals surface area contributed by atoms with Crippen molar-refractivity contribution in [3.63, 3.8) is 0 Å². The number of hydrogen-bond acceptors (Lipinski definition) is 4. The molecule has 1 aromatic carbocycles. The van der Waals surface area contributed by atoms with Crippen LogP contribution in [0.25, 0.3) is 10.9 Å². The number of nitro groups is 1. The molecular weight excluding hydrogens is 260 g/mol. The molecule has 0 atom stereocenters. The predicted molar refractivity (Wildman–Crippen MR) is 74.2 cm³/mol. The van der Waals surface area contributed by atoms with Crippen LogP contribution in [0.5, 0.6) is 0 Å². The Morgan fingerprint density at radius 2 is 2.00 bits per heavy atom. The van der Waals surface area contributed by atoms with Crippen LogP contribution in [0.2, 0.25) is 0 Å². The molecule has 0 unspecified atom stereocenters. The third-order valence-corrected chi connectivity index (χ3v) is 3.14. The summed E-state index contributed by atoms with van der Waals surface area (Å²) >= 11 is 0. The van der Waals surface area contributed by atoms with Crippen molar-refractivity contribution >= 4 is 22.6 Å². The molecule has 0 radical (unpaired) electrons. The molecule has 1 aromatic heterocycles. The number of hydrogen-bond donors (Lipinski definition) is 1. The number of non-ortho nitro benzene ring substituents is 1. The normalized spacial score (nSPS) is 11.0. The van der Waals surface area contributed by atoms with Crippen molar-refractivity contribution in [1.29, 1.82) is 0 Å². The Morgan fingerprint density at radius 3 is 2.50 bits per heavy atom. The van der Waals surface area contributed by atoms with E-state index in [0.717, 1.165) is 5.56 Å². The first-order valence-corrected chi connectivity index (χ1v) is 6.14. The molecule has 104 valence electrons. The molecule has 2 aromatic rings. The zero-order valence-electron chi connectivity index (χ0n) is 11.4. The number of rotatable bonds is 3. The van der Waals surface area contributed by atoms with Gasteiger partial charge in [0.15, 0.2) is 0 Å². The smallest absolute Gasteiger partial charge is 0.336 e. The Labute approximate surface area is 115 Å². The molecule has 1 N–H and O–H groups in total. The molecule has 0 saturated heterocycles. The minimum atomic E-state index is -1.12. The van der Waals surface area contributed by atoms with Gasteiger partial charge in [-0.15, -0.1) is 0 Å². The fourth-order valence-corrected chi connectivity index (χ4v) is 2.11. The van der Waals surface area contributed by atoms with Gasteiger partial charge in [0.1, 0.15) is 5.52 Å². The molecule has 1 heterocycles. The average molecular weight is 274 g/mol. The minimum absolute atomic E-state index is 0.0399. The second-order valence-electron chi connectivity index (χ2n) is 4.96. The van der Waals surface area contributed by atoms with Gasteiger partial charge in [0.2, 0.25) is 0 Å². The van der Waals surface area contributed by atoms with E-state index in [-0.39, 0.29) is 22.7 Å². The molecule has 0 aliphatic rings. The van der Waals surface area contributed by atoms with Crippen LogP contribution in [-0.2, 0) is 0 Å². The maximum atomic E-state index is 11.3. The fraction of sp³-hybridized carbons (Fsp3) is 0.286. The van der Waals surface area contributed by atoms with E-state index in [0.29, 0.717) is 11.1 Å². The van der Waals surface area contributed by atoms with Gasteiger partial charge in [-0.25, -0.2) is 9.78 Å². The van der Waals surface area contributed by atoms with Gasteiger partial charge in [-0.05, 0) is 30.5 Å². The summed E-state index contributed by atoms with van der Waals surface area (Å²) in [4.78, 5) is 26.1. The summed E-state index contributed by atoms with van der Waals surface area (Å²) in [5.74, 6) is -1.06. The number of carboxylic acids is 1.